The first-order valence-electron chi connectivity index (χ1n) is 4.48. The minimum atomic E-state index is -0.350. The molecule has 0 spiro atoms. The monoisotopic (exact) mass is 167 g/mol. The summed E-state index contributed by atoms with van der Waals surface area (Å²) in [5, 5.41) is 0. The van der Waals surface area contributed by atoms with Crippen molar-refractivity contribution in [1.82, 2.24) is 0 Å². The maximum Gasteiger partial charge on any atom is 0.129 e. The van der Waals surface area contributed by atoms with Crippen LogP contribution in [0.25, 0.3) is 0 Å². The number of hydrogen-bond acceptors (Lipinski definition) is 2. The molecule has 0 heterocycles. The van der Waals surface area contributed by atoms with Crippen molar-refractivity contribution in [2.45, 2.75) is 31.8 Å². The second-order valence-electron chi connectivity index (χ2n) is 3.02. The molecule has 1 rings (SSSR count). The fourth-order valence-corrected chi connectivity index (χ4v) is 1.24. The van der Waals surface area contributed by atoms with E-state index in [-0.39, 0.29) is 5.60 Å². The van der Waals surface area contributed by atoms with E-state index in [0.717, 1.165) is 25.9 Å². The summed E-state index contributed by atoms with van der Waals surface area (Å²) in [7, 11) is 0. The Hall–Kier alpha value is -0.520. The molecule has 0 saturated heterocycles. The van der Waals surface area contributed by atoms with E-state index in [1.54, 1.807) is 0 Å². The maximum atomic E-state index is 7.07. The van der Waals surface area contributed by atoms with Gasteiger partial charge in [0.05, 0.1) is 13.2 Å². The van der Waals surface area contributed by atoms with Crippen molar-refractivity contribution in [3.05, 3.63) is 6.42 Å². The van der Waals surface area contributed by atoms with Gasteiger partial charge in [-0.25, -0.2) is 0 Å². The minimum absolute atomic E-state index is 0.350. The second-order valence-corrected chi connectivity index (χ2v) is 3.02. The van der Waals surface area contributed by atoms with Gasteiger partial charge in [0.1, 0.15) is 5.60 Å². The Labute approximate surface area is 74.2 Å². The molecule has 0 aliphatic heterocycles. The van der Waals surface area contributed by atoms with Gasteiger partial charge in [0.2, 0.25) is 0 Å². The molecule has 1 aliphatic carbocycles. The van der Waals surface area contributed by atoms with Crippen molar-refractivity contribution in [3.8, 4) is 5.92 Å². The van der Waals surface area contributed by atoms with Gasteiger partial charge in [0, 0.05) is 6.61 Å². The molecule has 0 aromatic carbocycles. The van der Waals surface area contributed by atoms with Gasteiger partial charge in [0.25, 0.3) is 0 Å². The summed E-state index contributed by atoms with van der Waals surface area (Å²) < 4.78 is 10.6. The van der Waals surface area contributed by atoms with Crippen molar-refractivity contribution >= 4 is 0 Å². The third-order valence-electron chi connectivity index (χ3n) is 2.20. The Bertz CT molecular complexity index is 165. The van der Waals surface area contributed by atoms with Crippen LogP contribution in [0, 0.1) is 12.3 Å². The van der Waals surface area contributed by atoms with Crippen LogP contribution in [0.4, 0.5) is 0 Å². The van der Waals surface area contributed by atoms with Crippen molar-refractivity contribution < 1.29 is 9.47 Å². The Balaban J connectivity index is 2.09. The zero-order valence-corrected chi connectivity index (χ0v) is 7.56. The molecule has 0 aromatic rings. The molecule has 0 atom stereocenters. The van der Waals surface area contributed by atoms with Crippen LogP contribution in [0.5, 0.6) is 0 Å². The molecule has 0 bridgehead atoms. The molecule has 1 radical (unpaired) electrons. The first kappa shape index (κ1) is 9.57. The van der Waals surface area contributed by atoms with Crippen molar-refractivity contribution in [2.24, 2.45) is 0 Å². The predicted octanol–water partition coefficient (Wildman–Crippen LogP) is 1.55. The molecule has 1 saturated carbocycles. The molecule has 0 unspecified atom stereocenters. The summed E-state index contributed by atoms with van der Waals surface area (Å²) in [6.45, 7) is 3.90. The fraction of sp³-hybridized carbons (Fsp3) is 0.800. The second kappa shape index (κ2) is 4.49. The molecular formula is C10H15O2. The predicted molar refractivity (Wildman–Crippen MR) is 46.2 cm³/mol. The lowest BCUT2D eigenvalue weighted by Crippen LogP contribution is -2.39. The smallest absolute Gasteiger partial charge is 0.129 e. The van der Waals surface area contributed by atoms with Gasteiger partial charge in [0.15, 0.2) is 0 Å². The molecule has 0 N–H and O–H groups in total. The van der Waals surface area contributed by atoms with Gasteiger partial charge in [-0.3, -0.25) is 0 Å². The van der Waals surface area contributed by atoms with Crippen molar-refractivity contribution in [2.75, 3.05) is 19.8 Å². The summed E-state index contributed by atoms with van der Waals surface area (Å²) >= 11 is 0. The largest absolute Gasteiger partial charge is 0.379 e. The van der Waals surface area contributed by atoms with Crippen LogP contribution in [-0.2, 0) is 9.47 Å². The average Bonchev–Trinajstić information content (AvgIpc) is 2.02. The molecule has 67 valence electrons. The van der Waals surface area contributed by atoms with Gasteiger partial charge < -0.3 is 9.47 Å². The number of ether oxygens (including phenoxy) is 2. The Morgan fingerprint density at radius 3 is 2.58 bits per heavy atom. The molecule has 12 heavy (non-hydrogen) atoms. The van der Waals surface area contributed by atoms with E-state index in [2.05, 4.69) is 5.92 Å². The highest BCUT2D eigenvalue weighted by Crippen LogP contribution is 2.34. The first-order chi connectivity index (χ1) is 5.83. The van der Waals surface area contributed by atoms with Gasteiger partial charge in [-0.2, -0.15) is 0 Å². The molecule has 1 fully saturated rings. The topological polar surface area (TPSA) is 18.5 Å². The summed E-state index contributed by atoms with van der Waals surface area (Å²) in [4.78, 5) is 0. The average molecular weight is 167 g/mol. The molecule has 2 nitrogen and oxygen atoms in total. The molecule has 1 aliphatic rings. The quantitative estimate of drug-likeness (QED) is 0.457. The lowest BCUT2D eigenvalue weighted by Gasteiger charge is -2.36. The zero-order chi connectivity index (χ0) is 8.86. The third-order valence-corrected chi connectivity index (χ3v) is 2.20. The lowest BCUT2D eigenvalue weighted by molar-refractivity contribution is -0.0735. The van der Waals surface area contributed by atoms with E-state index in [1.165, 1.54) is 0 Å². The first-order valence-corrected chi connectivity index (χ1v) is 4.48. The molecule has 0 aromatic heterocycles. The van der Waals surface area contributed by atoms with E-state index >= 15 is 0 Å². The van der Waals surface area contributed by atoms with Crippen LogP contribution < -0.4 is 0 Å². The SMILES string of the molecule is [C]#CC1(OCCOCC)CCC1. The van der Waals surface area contributed by atoms with Crippen LogP contribution in [0.15, 0.2) is 0 Å². The Morgan fingerprint density at radius 1 is 1.42 bits per heavy atom. The van der Waals surface area contributed by atoms with E-state index in [0.29, 0.717) is 13.2 Å². The zero-order valence-electron chi connectivity index (χ0n) is 7.56. The van der Waals surface area contributed by atoms with Crippen molar-refractivity contribution in [1.29, 1.82) is 0 Å². The van der Waals surface area contributed by atoms with Crippen LogP contribution in [0.3, 0.4) is 0 Å². The van der Waals surface area contributed by atoms with E-state index < -0.39 is 0 Å². The standard InChI is InChI=1S/C10H15O2/c1-3-10(6-5-7-10)12-9-8-11-4-2/h4-9H2,2H3. The highest BCUT2D eigenvalue weighted by molar-refractivity contribution is 5.10. The molecule has 0 amide bonds. The van der Waals surface area contributed by atoms with E-state index in [4.69, 9.17) is 15.9 Å². The molecular weight excluding hydrogens is 152 g/mol. The Kier molecular flexibility index (Phi) is 3.58. The van der Waals surface area contributed by atoms with Crippen LogP contribution in [-0.4, -0.2) is 25.4 Å². The summed E-state index contributed by atoms with van der Waals surface area (Å²) in [6.07, 6.45) is 10.1. The summed E-state index contributed by atoms with van der Waals surface area (Å²) in [6, 6.07) is 0. The van der Waals surface area contributed by atoms with E-state index in [9.17, 15) is 0 Å². The van der Waals surface area contributed by atoms with Crippen LogP contribution >= 0.6 is 0 Å². The van der Waals surface area contributed by atoms with E-state index in [1.807, 2.05) is 6.92 Å². The van der Waals surface area contributed by atoms with Crippen LogP contribution in [0.1, 0.15) is 26.2 Å². The highest BCUT2D eigenvalue weighted by atomic mass is 16.5. The highest BCUT2D eigenvalue weighted by Gasteiger charge is 2.35. The summed E-state index contributed by atoms with van der Waals surface area (Å²) in [5.74, 6) is 2.46. The van der Waals surface area contributed by atoms with Gasteiger partial charge >= 0.3 is 0 Å². The fourth-order valence-electron chi connectivity index (χ4n) is 1.24. The number of hydrogen-bond donors (Lipinski definition) is 0. The van der Waals surface area contributed by atoms with Crippen LogP contribution in [0.2, 0.25) is 0 Å². The van der Waals surface area contributed by atoms with Crippen molar-refractivity contribution in [3.63, 3.8) is 0 Å². The maximum absolute atomic E-state index is 7.07. The normalized spacial score (nSPS) is 19.7. The minimum Gasteiger partial charge on any atom is -0.379 e. The molecule has 2 heteroatoms. The lowest BCUT2D eigenvalue weighted by atomic mass is 9.81. The van der Waals surface area contributed by atoms with Gasteiger partial charge in [-0.15, -0.1) is 0 Å². The Morgan fingerprint density at radius 2 is 2.17 bits per heavy atom. The van der Waals surface area contributed by atoms with Gasteiger partial charge in [-0.05, 0) is 32.6 Å². The third kappa shape index (κ3) is 2.23. The summed E-state index contributed by atoms with van der Waals surface area (Å²) in [5.41, 5.74) is -0.350. The number of rotatable bonds is 5. The van der Waals surface area contributed by atoms with Gasteiger partial charge in [-0.1, -0.05) is 5.92 Å².